The molecule has 108 valence electrons. The highest BCUT2D eigenvalue weighted by atomic mass is 19.3. The fraction of sp³-hybridized carbons (Fsp3) is 0.600. The number of ether oxygens (including phenoxy) is 1. The van der Waals surface area contributed by atoms with Gasteiger partial charge in [-0.25, -0.2) is 8.78 Å². The minimum Gasteiger partial charge on any atom is -0.388 e. The van der Waals surface area contributed by atoms with Crippen LogP contribution in [0.2, 0.25) is 0 Å². The molecular formula is C15H22F2O2. The molecule has 0 heterocycles. The van der Waals surface area contributed by atoms with Crippen molar-refractivity contribution in [2.45, 2.75) is 45.1 Å². The quantitative estimate of drug-likeness (QED) is 0.800. The number of halogens is 2. The largest absolute Gasteiger partial charge is 0.388 e. The van der Waals surface area contributed by atoms with E-state index in [1.807, 2.05) is 24.3 Å². The van der Waals surface area contributed by atoms with Crippen molar-refractivity contribution < 1.29 is 18.6 Å². The van der Waals surface area contributed by atoms with Crippen LogP contribution in [0.5, 0.6) is 0 Å². The third-order valence-electron chi connectivity index (χ3n) is 2.94. The van der Waals surface area contributed by atoms with Gasteiger partial charge in [0.15, 0.2) is 0 Å². The van der Waals surface area contributed by atoms with Crippen molar-refractivity contribution in [2.24, 2.45) is 0 Å². The molecule has 0 aromatic heterocycles. The average Bonchev–Trinajstić information content (AvgIpc) is 2.33. The zero-order valence-corrected chi connectivity index (χ0v) is 11.7. The third kappa shape index (κ3) is 5.66. The number of aliphatic hydroxyl groups excluding tert-OH is 1. The highest BCUT2D eigenvalue weighted by Gasteiger charge is 2.14. The minimum atomic E-state index is -2.46. The Labute approximate surface area is 113 Å². The van der Waals surface area contributed by atoms with Crippen LogP contribution < -0.4 is 0 Å². The molecular weight excluding hydrogens is 250 g/mol. The standard InChI is InChI=1S/C15H22F2O2/c1-15(2,3)12-6-4-11(5-7-12)13(18)8-9-19-10-14(16)17/h4-7,13-14,18H,8-10H2,1-3H3. The van der Waals surface area contributed by atoms with Crippen LogP contribution in [-0.4, -0.2) is 24.7 Å². The van der Waals surface area contributed by atoms with E-state index >= 15 is 0 Å². The normalized spacial score (nSPS) is 13.8. The maximum atomic E-state index is 11.9. The molecule has 1 N–H and O–H groups in total. The fourth-order valence-electron chi connectivity index (χ4n) is 1.74. The molecule has 0 radical (unpaired) electrons. The second kappa shape index (κ2) is 6.96. The first kappa shape index (κ1) is 16.1. The Balaban J connectivity index is 2.47. The van der Waals surface area contributed by atoms with Crippen molar-refractivity contribution in [3.63, 3.8) is 0 Å². The van der Waals surface area contributed by atoms with E-state index < -0.39 is 19.1 Å². The van der Waals surface area contributed by atoms with Crippen molar-refractivity contribution >= 4 is 0 Å². The average molecular weight is 272 g/mol. The predicted octanol–water partition coefficient (Wildman–Crippen LogP) is 3.69. The van der Waals surface area contributed by atoms with Crippen LogP contribution in [0.4, 0.5) is 8.78 Å². The lowest BCUT2D eigenvalue weighted by Gasteiger charge is -2.20. The molecule has 0 fully saturated rings. The monoisotopic (exact) mass is 272 g/mol. The van der Waals surface area contributed by atoms with Gasteiger partial charge in [-0.1, -0.05) is 45.0 Å². The van der Waals surface area contributed by atoms with Crippen molar-refractivity contribution in [2.75, 3.05) is 13.2 Å². The van der Waals surface area contributed by atoms with Gasteiger partial charge < -0.3 is 9.84 Å². The molecule has 1 aromatic rings. The third-order valence-corrected chi connectivity index (χ3v) is 2.94. The molecule has 0 aliphatic carbocycles. The number of benzene rings is 1. The van der Waals surface area contributed by atoms with Crippen LogP contribution in [-0.2, 0) is 10.2 Å². The van der Waals surface area contributed by atoms with Crippen molar-refractivity contribution in [1.82, 2.24) is 0 Å². The van der Waals surface area contributed by atoms with Gasteiger partial charge in [-0.3, -0.25) is 0 Å². The van der Waals surface area contributed by atoms with Crippen LogP contribution in [0.3, 0.4) is 0 Å². The minimum absolute atomic E-state index is 0.0733. The SMILES string of the molecule is CC(C)(C)c1ccc(C(O)CCOCC(F)F)cc1. The van der Waals surface area contributed by atoms with E-state index in [0.717, 1.165) is 5.56 Å². The summed E-state index contributed by atoms with van der Waals surface area (Å²) in [6.07, 6.45) is -2.81. The molecule has 1 atom stereocenters. The van der Waals surface area contributed by atoms with Gasteiger partial charge in [-0.2, -0.15) is 0 Å². The lowest BCUT2D eigenvalue weighted by molar-refractivity contribution is 0.00481. The van der Waals surface area contributed by atoms with Crippen LogP contribution >= 0.6 is 0 Å². The molecule has 0 bridgehead atoms. The van der Waals surface area contributed by atoms with E-state index in [2.05, 4.69) is 20.8 Å². The molecule has 0 saturated carbocycles. The van der Waals surface area contributed by atoms with E-state index in [-0.39, 0.29) is 12.0 Å². The molecule has 4 heteroatoms. The number of rotatable bonds is 6. The Kier molecular flexibility index (Phi) is 5.88. The molecule has 0 aliphatic heterocycles. The highest BCUT2D eigenvalue weighted by Crippen LogP contribution is 2.24. The van der Waals surface area contributed by atoms with E-state index in [1.165, 1.54) is 5.56 Å². The van der Waals surface area contributed by atoms with E-state index in [1.54, 1.807) is 0 Å². The summed E-state index contributed by atoms with van der Waals surface area (Å²) in [5, 5.41) is 9.91. The summed E-state index contributed by atoms with van der Waals surface area (Å²) in [5.41, 5.74) is 2.05. The number of hydrogen-bond acceptors (Lipinski definition) is 2. The smallest absolute Gasteiger partial charge is 0.261 e. The first-order valence-electron chi connectivity index (χ1n) is 6.45. The second-order valence-electron chi connectivity index (χ2n) is 5.64. The van der Waals surface area contributed by atoms with E-state index in [0.29, 0.717) is 6.42 Å². The van der Waals surface area contributed by atoms with Crippen molar-refractivity contribution in [3.8, 4) is 0 Å². The van der Waals surface area contributed by atoms with E-state index in [4.69, 9.17) is 4.74 Å². The van der Waals surface area contributed by atoms with Crippen LogP contribution in [0.15, 0.2) is 24.3 Å². The lowest BCUT2D eigenvalue weighted by Crippen LogP contribution is -2.11. The maximum Gasteiger partial charge on any atom is 0.261 e. The fourth-order valence-corrected chi connectivity index (χ4v) is 1.74. The van der Waals surface area contributed by atoms with Gasteiger partial charge in [0.25, 0.3) is 6.43 Å². The first-order valence-corrected chi connectivity index (χ1v) is 6.45. The Morgan fingerprint density at radius 1 is 1.16 bits per heavy atom. The van der Waals surface area contributed by atoms with Crippen LogP contribution in [0, 0.1) is 0 Å². The number of alkyl halides is 2. The molecule has 1 rings (SSSR count). The van der Waals surface area contributed by atoms with Gasteiger partial charge in [-0.05, 0) is 16.5 Å². The zero-order valence-electron chi connectivity index (χ0n) is 11.7. The van der Waals surface area contributed by atoms with Gasteiger partial charge in [0.1, 0.15) is 6.61 Å². The zero-order chi connectivity index (χ0) is 14.5. The summed E-state index contributed by atoms with van der Waals surface area (Å²) in [7, 11) is 0. The first-order chi connectivity index (χ1) is 8.80. The lowest BCUT2D eigenvalue weighted by atomic mass is 9.86. The molecule has 2 nitrogen and oxygen atoms in total. The van der Waals surface area contributed by atoms with Crippen LogP contribution in [0.1, 0.15) is 44.4 Å². The Morgan fingerprint density at radius 2 is 1.74 bits per heavy atom. The molecule has 1 aromatic carbocycles. The summed E-state index contributed by atoms with van der Waals surface area (Å²) >= 11 is 0. The van der Waals surface area contributed by atoms with Gasteiger partial charge in [0, 0.05) is 13.0 Å². The summed E-state index contributed by atoms with van der Waals surface area (Å²) in [6, 6.07) is 7.72. The summed E-state index contributed by atoms with van der Waals surface area (Å²) in [5.74, 6) is 0. The Bertz CT molecular complexity index is 369. The van der Waals surface area contributed by atoms with Crippen molar-refractivity contribution in [1.29, 1.82) is 0 Å². The van der Waals surface area contributed by atoms with Crippen LogP contribution in [0.25, 0.3) is 0 Å². The number of hydrogen-bond donors (Lipinski definition) is 1. The highest BCUT2D eigenvalue weighted by molar-refractivity contribution is 5.28. The predicted molar refractivity (Wildman–Crippen MR) is 71.5 cm³/mol. The molecule has 0 spiro atoms. The summed E-state index contributed by atoms with van der Waals surface area (Å²) in [4.78, 5) is 0. The molecule has 0 amide bonds. The molecule has 0 saturated heterocycles. The van der Waals surface area contributed by atoms with Gasteiger partial charge >= 0.3 is 0 Å². The molecule has 19 heavy (non-hydrogen) atoms. The topological polar surface area (TPSA) is 29.5 Å². The Hall–Kier alpha value is -1.00. The van der Waals surface area contributed by atoms with Gasteiger partial charge in [0.05, 0.1) is 6.10 Å². The van der Waals surface area contributed by atoms with Crippen molar-refractivity contribution in [3.05, 3.63) is 35.4 Å². The second-order valence-corrected chi connectivity index (χ2v) is 5.64. The number of aliphatic hydroxyl groups is 1. The molecule has 0 aliphatic rings. The Morgan fingerprint density at radius 3 is 2.21 bits per heavy atom. The summed E-state index contributed by atoms with van der Waals surface area (Å²) < 4.78 is 28.5. The summed E-state index contributed by atoms with van der Waals surface area (Å²) in [6.45, 7) is 5.92. The van der Waals surface area contributed by atoms with Gasteiger partial charge in [-0.15, -0.1) is 0 Å². The van der Waals surface area contributed by atoms with Gasteiger partial charge in [0.2, 0.25) is 0 Å². The van der Waals surface area contributed by atoms with E-state index in [9.17, 15) is 13.9 Å². The maximum absolute atomic E-state index is 11.9. The molecule has 1 unspecified atom stereocenters.